The van der Waals surface area contributed by atoms with Crippen molar-refractivity contribution in [3.63, 3.8) is 0 Å². The molecule has 4 aromatic rings. The topological polar surface area (TPSA) is 102 Å². The molecule has 1 saturated heterocycles. The molecule has 1 amide bonds. The SMILES string of the molecule is C=CC(=O)N1CC(Oc2cc3c(-c4cn[nH]c4-c4cccc(OC)c4)ncnc3cc2OC)C1. The first-order valence-electron chi connectivity index (χ1n) is 10.7. The Morgan fingerprint density at radius 3 is 2.76 bits per heavy atom. The van der Waals surface area contributed by atoms with Gasteiger partial charge in [0, 0.05) is 22.6 Å². The molecule has 0 aliphatic carbocycles. The van der Waals surface area contributed by atoms with Gasteiger partial charge < -0.3 is 19.1 Å². The molecule has 0 spiro atoms. The van der Waals surface area contributed by atoms with Crippen molar-refractivity contribution in [3.8, 4) is 39.8 Å². The molecule has 2 aromatic carbocycles. The lowest BCUT2D eigenvalue weighted by atomic mass is 10.0. The average Bonchev–Trinajstić information content (AvgIpc) is 3.34. The summed E-state index contributed by atoms with van der Waals surface area (Å²) >= 11 is 0. The number of hydrogen-bond donors (Lipinski definition) is 1. The number of H-pyrrole nitrogens is 1. The summed E-state index contributed by atoms with van der Waals surface area (Å²) in [6.45, 7) is 4.51. The van der Waals surface area contributed by atoms with Crippen LogP contribution in [0.15, 0.2) is 61.6 Å². The van der Waals surface area contributed by atoms with E-state index >= 15 is 0 Å². The van der Waals surface area contributed by atoms with Gasteiger partial charge in [0.25, 0.3) is 0 Å². The normalized spacial score (nSPS) is 13.4. The van der Waals surface area contributed by atoms with Crippen molar-refractivity contribution < 1.29 is 19.0 Å². The number of methoxy groups -OCH3 is 2. The van der Waals surface area contributed by atoms with Gasteiger partial charge in [-0.05, 0) is 24.3 Å². The summed E-state index contributed by atoms with van der Waals surface area (Å²) in [6, 6.07) is 11.4. The van der Waals surface area contributed by atoms with Crippen molar-refractivity contribution >= 4 is 16.8 Å². The summed E-state index contributed by atoms with van der Waals surface area (Å²) in [5.74, 6) is 1.76. The van der Waals surface area contributed by atoms with Crippen LogP contribution in [0.5, 0.6) is 17.2 Å². The van der Waals surface area contributed by atoms with Gasteiger partial charge in [0.2, 0.25) is 5.91 Å². The lowest BCUT2D eigenvalue weighted by molar-refractivity contribution is -0.134. The smallest absolute Gasteiger partial charge is 0.246 e. The van der Waals surface area contributed by atoms with Crippen LogP contribution in [-0.2, 0) is 4.79 Å². The number of likely N-dealkylation sites (tertiary alicyclic amines) is 1. The van der Waals surface area contributed by atoms with E-state index in [1.807, 2.05) is 36.4 Å². The van der Waals surface area contributed by atoms with Gasteiger partial charge in [0.1, 0.15) is 18.2 Å². The number of aromatic nitrogens is 4. The quantitative estimate of drug-likeness (QED) is 0.424. The molecule has 0 saturated carbocycles. The van der Waals surface area contributed by atoms with E-state index in [0.717, 1.165) is 28.0 Å². The van der Waals surface area contributed by atoms with E-state index in [9.17, 15) is 4.79 Å². The third-order valence-corrected chi connectivity index (χ3v) is 5.80. The molecule has 0 bridgehead atoms. The van der Waals surface area contributed by atoms with E-state index in [-0.39, 0.29) is 12.0 Å². The number of hydrogen-bond acceptors (Lipinski definition) is 7. The number of amides is 1. The van der Waals surface area contributed by atoms with Gasteiger partial charge in [0.05, 0.1) is 50.4 Å². The number of nitrogens with zero attached hydrogens (tertiary/aromatic N) is 4. The maximum atomic E-state index is 11.7. The van der Waals surface area contributed by atoms with Crippen LogP contribution in [0.4, 0.5) is 0 Å². The Morgan fingerprint density at radius 1 is 1.15 bits per heavy atom. The molecule has 1 aliphatic rings. The molecular weight excluding hydrogens is 434 g/mol. The zero-order valence-corrected chi connectivity index (χ0v) is 18.8. The van der Waals surface area contributed by atoms with Gasteiger partial charge in [-0.25, -0.2) is 9.97 Å². The highest BCUT2D eigenvalue weighted by Gasteiger charge is 2.32. The van der Waals surface area contributed by atoms with Gasteiger partial charge in [-0.15, -0.1) is 0 Å². The molecule has 9 nitrogen and oxygen atoms in total. The Bertz CT molecular complexity index is 1380. The first-order valence-corrected chi connectivity index (χ1v) is 10.7. The van der Waals surface area contributed by atoms with Crippen molar-refractivity contribution in [3.05, 3.63) is 61.6 Å². The molecule has 34 heavy (non-hydrogen) atoms. The highest BCUT2D eigenvalue weighted by atomic mass is 16.5. The molecule has 3 heterocycles. The molecule has 0 radical (unpaired) electrons. The van der Waals surface area contributed by atoms with E-state index in [4.69, 9.17) is 14.2 Å². The van der Waals surface area contributed by atoms with E-state index in [2.05, 4.69) is 26.7 Å². The molecule has 1 N–H and O–H groups in total. The number of fused-ring (bicyclic) bond motifs is 1. The fourth-order valence-electron chi connectivity index (χ4n) is 4.00. The summed E-state index contributed by atoms with van der Waals surface area (Å²) < 4.78 is 17.1. The van der Waals surface area contributed by atoms with Crippen molar-refractivity contribution in [1.29, 1.82) is 0 Å². The standard InChI is InChI=1S/C25H23N5O4/c1-4-23(31)30-12-17(13-30)34-22-9-18-20(10-21(22)33-3)26-14-27-25(18)19-11-28-29-24(19)15-6-5-7-16(8-15)32-2/h4-11,14,17H,1,12-13H2,2-3H3,(H,28,29). The van der Waals surface area contributed by atoms with Crippen LogP contribution >= 0.6 is 0 Å². The highest BCUT2D eigenvalue weighted by molar-refractivity contribution is 5.97. The van der Waals surface area contributed by atoms with Gasteiger partial charge in [-0.1, -0.05) is 18.7 Å². The van der Waals surface area contributed by atoms with Crippen molar-refractivity contribution in [2.45, 2.75) is 6.10 Å². The molecular formula is C25H23N5O4. The van der Waals surface area contributed by atoms with Gasteiger partial charge >= 0.3 is 0 Å². The molecule has 172 valence electrons. The molecule has 9 heteroatoms. The second-order valence-corrected chi connectivity index (χ2v) is 7.82. The summed E-state index contributed by atoms with van der Waals surface area (Å²) in [7, 11) is 3.22. The second-order valence-electron chi connectivity index (χ2n) is 7.82. The maximum Gasteiger partial charge on any atom is 0.246 e. The van der Waals surface area contributed by atoms with Crippen LogP contribution < -0.4 is 14.2 Å². The zero-order chi connectivity index (χ0) is 23.7. The summed E-state index contributed by atoms with van der Waals surface area (Å²) in [6.07, 6.45) is 4.43. The van der Waals surface area contributed by atoms with Crippen LogP contribution in [0.2, 0.25) is 0 Å². The largest absolute Gasteiger partial charge is 0.497 e. The molecule has 5 rings (SSSR count). The Balaban J connectivity index is 1.54. The fourth-order valence-corrected chi connectivity index (χ4v) is 4.00. The number of carbonyl (C=O) groups is 1. The number of benzene rings is 2. The Kier molecular flexibility index (Phi) is 5.59. The third-order valence-electron chi connectivity index (χ3n) is 5.80. The number of carbonyl (C=O) groups excluding carboxylic acids is 1. The Morgan fingerprint density at radius 2 is 2.00 bits per heavy atom. The summed E-state index contributed by atoms with van der Waals surface area (Å²) in [5, 5.41) is 8.14. The molecule has 1 aliphatic heterocycles. The predicted octanol–water partition coefficient (Wildman–Crippen LogP) is 3.48. The zero-order valence-electron chi connectivity index (χ0n) is 18.8. The molecule has 0 unspecified atom stereocenters. The minimum atomic E-state index is -0.135. The Hall–Kier alpha value is -4.40. The van der Waals surface area contributed by atoms with Crippen molar-refractivity contribution in [2.75, 3.05) is 27.3 Å². The molecule has 0 atom stereocenters. The van der Waals surface area contributed by atoms with Gasteiger partial charge in [-0.2, -0.15) is 5.10 Å². The van der Waals surface area contributed by atoms with Crippen LogP contribution in [0.1, 0.15) is 0 Å². The lowest BCUT2D eigenvalue weighted by Crippen LogP contribution is -2.55. The lowest BCUT2D eigenvalue weighted by Gasteiger charge is -2.38. The van der Waals surface area contributed by atoms with E-state index in [0.29, 0.717) is 35.8 Å². The number of nitrogens with one attached hydrogen (secondary N) is 1. The maximum absolute atomic E-state index is 11.7. The van der Waals surface area contributed by atoms with E-state index in [1.54, 1.807) is 25.3 Å². The predicted molar refractivity (Wildman–Crippen MR) is 127 cm³/mol. The molecule has 2 aromatic heterocycles. The minimum absolute atomic E-state index is 0.106. The van der Waals surface area contributed by atoms with Crippen LogP contribution in [0.3, 0.4) is 0 Å². The van der Waals surface area contributed by atoms with Crippen LogP contribution in [0, 0.1) is 0 Å². The second kappa shape index (κ2) is 8.86. The van der Waals surface area contributed by atoms with Crippen molar-refractivity contribution in [1.82, 2.24) is 25.1 Å². The first-order chi connectivity index (χ1) is 16.6. The van der Waals surface area contributed by atoms with Gasteiger partial charge in [-0.3, -0.25) is 9.89 Å². The number of ether oxygens (including phenoxy) is 3. The Labute approximate surface area is 196 Å². The van der Waals surface area contributed by atoms with Crippen LogP contribution in [0.25, 0.3) is 33.4 Å². The van der Waals surface area contributed by atoms with Gasteiger partial charge in [0.15, 0.2) is 11.5 Å². The number of rotatable bonds is 7. The fraction of sp³-hybridized carbons (Fsp3) is 0.200. The van der Waals surface area contributed by atoms with Crippen molar-refractivity contribution in [2.24, 2.45) is 0 Å². The highest BCUT2D eigenvalue weighted by Crippen LogP contribution is 2.39. The average molecular weight is 457 g/mol. The third kappa shape index (κ3) is 3.81. The van der Waals surface area contributed by atoms with E-state index < -0.39 is 0 Å². The molecule has 1 fully saturated rings. The summed E-state index contributed by atoms with van der Waals surface area (Å²) in [4.78, 5) is 22.4. The first kappa shape index (κ1) is 21.4. The summed E-state index contributed by atoms with van der Waals surface area (Å²) in [5.41, 5.74) is 3.98. The van der Waals surface area contributed by atoms with Crippen LogP contribution in [-0.4, -0.2) is 64.4 Å². The van der Waals surface area contributed by atoms with E-state index in [1.165, 1.54) is 12.4 Å². The monoisotopic (exact) mass is 457 g/mol. The minimum Gasteiger partial charge on any atom is -0.497 e. The number of aromatic amines is 1.